The number of carbonyl (C=O) groups is 1. The number of carbonyl (C=O) groups excluding carboxylic acids is 1. The zero-order chi connectivity index (χ0) is 25.7. The molecule has 0 fully saturated rings. The van der Waals surface area contributed by atoms with Gasteiger partial charge in [0.15, 0.2) is 23.0 Å². The smallest absolute Gasteiger partial charge is 0.264 e. The molecule has 0 saturated heterocycles. The van der Waals surface area contributed by atoms with E-state index >= 15 is 0 Å². The summed E-state index contributed by atoms with van der Waals surface area (Å²) >= 11 is 0. The number of hydrogen-bond donors (Lipinski definition) is 0. The van der Waals surface area contributed by atoms with E-state index in [2.05, 4.69) is 0 Å². The first-order valence-corrected chi connectivity index (χ1v) is 12.7. The molecule has 36 heavy (non-hydrogen) atoms. The van der Waals surface area contributed by atoms with Gasteiger partial charge in [0.2, 0.25) is 5.91 Å². The molecule has 10 heteroatoms. The fourth-order valence-electron chi connectivity index (χ4n) is 3.81. The number of sulfonamides is 1. The Hall–Kier alpha value is -3.92. The standard InChI is InChI=1S/C26H28N2O7S/c1-27(17-19-9-11-22(32-2)24(15-19)33-3)26(29)18-28(36(30,31)21-7-5-4-6-8-21)20-10-12-23-25(16-20)35-14-13-34-23/h4-12,15-16H,13-14,17-18H2,1-3H3. The highest BCUT2D eigenvalue weighted by molar-refractivity contribution is 7.92. The number of nitrogens with zero attached hydrogens (tertiary/aromatic N) is 2. The number of rotatable bonds is 9. The van der Waals surface area contributed by atoms with Crippen molar-refractivity contribution in [2.75, 3.05) is 45.3 Å². The van der Waals surface area contributed by atoms with Gasteiger partial charge in [-0.1, -0.05) is 24.3 Å². The van der Waals surface area contributed by atoms with Gasteiger partial charge in [-0.3, -0.25) is 9.10 Å². The average molecular weight is 513 g/mol. The molecule has 1 heterocycles. The van der Waals surface area contributed by atoms with E-state index in [1.165, 1.54) is 24.1 Å². The number of hydrogen-bond acceptors (Lipinski definition) is 7. The predicted octanol–water partition coefficient (Wildman–Crippen LogP) is 3.33. The summed E-state index contributed by atoms with van der Waals surface area (Å²) in [6.07, 6.45) is 0. The molecule has 9 nitrogen and oxygen atoms in total. The first-order chi connectivity index (χ1) is 17.3. The van der Waals surface area contributed by atoms with Crippen LogP contribution in [0.2, 0.25) is 0 Å². The number of benzene rings is 3. The number of likely N-dealkylation sites (N-methyl/N-ethyl adjacent to an activating group) is 1. The van der Waals surface area contributed by atoms with Gasteiger partial charge in [-0.2, -0.15) is 0 Å². The number of ether oxygens (including phenoxy) is 4. The lowest BCUT2D eigenvalue weighted by Gasteiger charge is -2.28. The maximum absolute atomic E-state index is 13.6. The third-order valence-corrected chi connectivity index (χ3v) is 7.51. The molecule has 3 aromatic rings. The largest absolute Gasteiger partial charge is 0.493 e. The van der Waals surface area contributed by atoms with Gasteiger partial charge in [-0.15, -0.1) is 0 Å². The summed E-state index contributed by atoms with van der Waals surface area (Å²) in [5, 5.41) is 0. The highest BCUT2D eigenvalue weighted by Gasteiger charge is 2.29. The van der Waals surface area contributed by atoms with Crippen LogP contribution in [-0.2, 0) is 21.4 Å². The third-order valence-electron chi connectivity index (χ3n) is 5.72. The Bertz CT molecular complexity index is 1330. The van der Waals surface area contributed by atoms with E-state index in [1.54, 1.807) is 62.7 Å². The summed E-state index contributed by atoms with van der Waals surface area (Å²) in [6.45, 7) is 0.618. The molecule has 0 aliphatic carbocycles. The average Bonchev–Trinajstić information content (AvgIpc) is 2.91. The van der Waals surface area contributed by atoms with Crippen LogP contribution < -0.4 is 23.3 Å². The summed E-state index contributed by atoms with van der Waals surface area (Å²) in [6, 6.07) is 18.2. The minimum absolute atomic E-state index is 0.0789. The highest BCUT2D eigenvalue weighted by Crippen LogP contribution is 2.36. The molecule has 1 aliphatic rings. The second-order valence-corrected chi connectivity index (χ2v) is 9.95. The SMILES string of the molecule is COc1ccc(CN(C)C(=O)CN(c2ccc3c(c2)OCCO3)S(=O)(=O)c2ccccc2)cc1OC. The van der Waals surface area contributed by atoms with E-state index in [-0.39, 0.29) is 17.3 Å². The van der Waals surface area contributed by atoms with Crippen molar-refractivity contribution in [1.82, 2.24) is 4.90 Å². The Morgan fingerprint density at radius 2 is 1.58 bits per heavy atom. The van der Waals surface area contributed by atoms with E-state index in [0.717, 1.165) is 9.87 Å². The lowest BCUT2D eigenvalue weighted by atomic mass is 10.2. The Kier molecular flexibility index (Phi) is 7.54. The van der Waals surface area contributed by atoms with Gasteiger partial charge < -0.3 is 23.8 Å². The summed E-state index contributed by atoms with van der Waals surface area (Å²) < 4.78 is 50.2. The van der Waals surface area contributed by atoms with Crippen molar-refractivity contribution in [3.05, 3.63) is 72.3 Å². The van der Waals surface area contributed by atoms with E-state index < -0.39 is 16.6 Å². The van der Waals surface area contributed by atoms with Gasteiger partial charge in [0.25, 0.3) is 10.0 Å². The number of amides is 1. The lowest BCUT2D eigenvalue weighted by molar-refractivity contribution is -0.128. The summed E-state index contributed by atoms with van der Waals surface area (Å²) in [5.41, 5.74) is 1.11. The zero-order valence-electron chi connectivity index (χ0n) is 20.3. The van der Waals surface area contributed by atoms with Gasteiger partial charge in [-0.05, 0) is 42.0 Å². The maximum Gasteiger partial charge on any atom is 0.264 e. The highest BCUT2D eigenvalue weighted by atomic mass is 32.2. The van der Waals surface area contributed by atoms with Crippen molar-refractivity contribution in [3.63, 3.8) is 0 Å². The second kappa shape index (κ2) is 10.8. The van der Waals surface area contributed by atoms with Gasteiger partial charge in [0.1, 0.15) is 19.8 Å². The minimum atomic E-state index is -4.05. The van der Waals surface area contributed by atoms with Crippen molar-refractivity contribution < 1.29 is 32.2 Å². The quantitative estimate of drug-likeness (QED) is 0.434. The summed E-state index contributed by atoms with van der Waals surface area (Å²) in [5.74, 6) is 1.69. The van der Waals surface area contributed by atoms with Gasteiger partial charge in [0, 0.05) is 19.7 Å². The Morgan fingerprint density at radius 1 is 0.889 bits per heavy atom. The molecule has 0 spiro atoms. The predicted molar refractivity (Wildman–Crippen MR) is 134 cm³/mol. The van der Waals surface area contributed by atoms with Crippen molar-refractivity contribution in [3.8, 4) is 23.0 Å². The van der Waals surface area contributed by atoms with E-state index in [1.807, 2.05) is 6.07 Å². The molecule has 0 radical (unpaired) electrons. The van der Waals surface area contributed by atoms with Crippen LogP contribution in [0, 0.1) is 0 Å². The number of fused-ring (bicyclic) bond motifs is 1. The maximum atomic E-state index is 13.6. The fourth-order valence-corrected chi connectivity index (χ4v) is 5.23. The molecule has 3 aromatic carbocycles. The van der Waals surface area contributed by atoms with Crippen LogP contribution in [0.5, 0.6) is 23.0 Å². The van der Waals surface area contributed by atoms with Crippen molar-refractivity contribution in [1.29, 1.82) is 0 Å². The zero-order valence-corrected chi connectivity index (χ0v) is 21.2. The first-order valence-electron chi connectivity index (χ1n) is 11.3. The summed E-state index contributed by atoms with van der Waals surface area (Å²) in [7, 11) is 0.659. The molecule has 0 aromatic heterocycles. The van der Waals surface area contributed by atoms with E-state index in [9.17, 15) is 13.2 Å². The lowest BCUT2D eigenvalue weighted by Crippen LogP contribution is -2.41. The van der Waals surface area contributed by atoms with Crippen LogP contribution in [0.15, 0.2) is 71.6 Å². The van der Waals surface area contributed by atoms with Crippen LogP contribution in [0.3, 0.4) is 0 Å². The molecular formula is C26H28N2O7S. The van der Waals surface area contributed by atoms with Crippen molar-refractivity contribution >= 4 is 21.6 Å². The second-order valence-electron chi connectivity index (χ2n) is 8.09. The van der Waals surface area contributed by atoms with Crippen molar-refractivity contribution in [2.45, 2.75) is 11.4 Å². The molecule has 0 bridgehead atoms. The van der Waals surface area contributed by atoms with Crippen LogP contribution >= 0.6 is 0 Å². The molecule has 0 atom stereocenters. The van der Waals surface area contributed by atoms with Crippen LogP contribution in [-0.4, -0.2) is 60.3 Å². The molecule has 190 valence electrons. The van der Waals surface area contributed by atoms with Gasteiger partial charge in [0.05, 0.1) is 24.8 Å². The first kappa shape index (κ1) is 25.2. The Labute approximate surface area is 210 Å². The van der Waals surface area contributed by atoms with Crippen LogP contribution in [0.1, 0.15) is 5.56 Å². The molecule has 4 rings (SSSR count). The molecule has 1 aliphatic heterocycles. The molecule has 0 N–H and O–H groups in total. The molecule has 0 unspecified atom stereocenters. The van der Waals surface area contributed by atoms with E-state index in [0.29, 0.717) is 41.9 Å². The monoisotopic (exact) mass is 512 g/mol. The van der Waals surface area contributed by atoms with E-state index in [4.69, 9.17) is 18.9 Å². The van der Waals surface area contributed by atoms with Crippen molar-refractivity contribution in [2.24, 2.45) is 0 Å². The number of anilines is 1. The third kappa shape index (κ3) is 5.33. The van der Waals surface area contributed by atoms with Crippen LogP contribution in [0.4, 0.5) is 5.69 Å². The Morgan fingerprint density at radius 3 is 2.28 bits per heavy atom. The van der Waals surface area contributed by atoms with Gasteiger partial charge in [-0.25, -0.2) is 8.42 Å². The van der Waals surface area contributed by atoms with Crippen LogP contribution in [0.25, 0.3) is 0 Å². The normalized spacial score (nSPS) is 12.5. The fraction of sp³-hybridized carbons (Fsp3) is 0.269. The molecular weight excluding hydrogens is 484 g/mol. The molecule has 0 saturated carbocycles. The summed E-state index contributed by atoms with van der Waals surface area (Å²) in [4.78, 5) is 14.8. The molecule has 1 amide bonds. The topological polar surface area (TPSA) is 94.6 Å². The number of methoxy groups -OCH3 is 2. The Balaban J connectivity index is 1.62. The minimum Gasteiger partial charge on any atom is -0.493 e. The van der Waals surface area contributed by atoms with Gasteiger partial charge >= 0.3 is 0 Å².